The van der Waals surface area contributed by atoms with Crippen LogP contribution in [0.3, 0.4) is 0 Å². The molecular formula is C7H9ClN4O3S. The van der Waals surface area contributed by atoms with Gasteiger partial charge in [0.05, 0.1) is 4.90 Å². The fraction of sp³-hybridized carbons (Fsp3) is 0.143. The highest BCUT2D eigenvalue weighted by atomic mass is 35.5. The number of fused-ring (bicyclic) bond motifs is 1. The molecule has 2 aromatic rings. The Morgan fingerprint density at radius 1 is 1.44 bits per heavy atom. The molecule has 7 nitrogen and oxygen atoms in total. The Balaban J connectivity index is 0.000000606. The topological polar surface area (TPSA) is 111 Å². The molecule has 9 heteroatoms. The summed E-state index contributed by atoms with van der Waals surface area (Å²) in [6.45, 7) is 0. The zero-order chi connectivity index (χ0) is 12.3. The largest absolute Gasteiger partial charge is 0.410 e. The second kappa shape index (κ2) is 4.64. The molecule has 0 amide bonds. The minimum Gasteiger partial charge on any atom is -0.410 e. The van der Waals surface area contributed by atoms with E-state index in [1.807, 2.05) is 0 Å². The number of aromatic nitrogens is 3. The third-order valence-corrected chi connectivity index (χ3v) is 2.64. The molecule has 1 heterocycles. The van der Waals surface area contributed by atoms with E-state index in [2.05, 4.69) is 21.9 Å². The highest BCUT2D eigenvalue weighted by Crippen LogP contribution is 2.14. The van der Waals surface area contributed by atoms with Crippen LogP contribution in [0, 0.1) is 0 Å². The summed E-state index contributed by atoms with van der Waals surface area (Å²) in [5, 5.41) is 20.9. The van der Waals surface area contributed by atoms with Crippen LogP contribution in [0.2, 0.25) is 0 Å². The van der Waals surface area contributed by atoms with E-state index in [4.69, 9.17) is 10.3 Å². The van der Waals surface area contributed by atoms with E-state index in [0.717, 1.165) is 0 Å². The highest BCUT2D eigenvalue weighted by Gasteiger charge is 2.11. The van der Waals surface area contributed by atoms with Gasteiger partial charge in [-0.2, -0.15) is 0 Å². The smallest absolute Gasteiger partial charge is 0.238 e. The number of rotatable bonds is 1. The maximum absolute atomic E-state index is 11.0. The summed E-state index contributed by atoms with van der Waals surface area (Å²) in [7, 11) is -3.77. The van der Waals surface area contributed by atoms with Crippen molar-refractivity contribution in [1.29, 1.82) is 0 Å². The Morgan fingerprint density at radius 2 is 2.06 bits per heavy atom. The zero-order valence-corrected chi connectivity index (χ0v) is 9.77. The molecule has 1 aromatic heterocycles. The molecule has 3 N–H and O–H groups in total. The summed E-state index contributed by atoms with van der Waals surface area (Å²) >= 11 is 4.64. The Kier molecular flexibility index (Phi) is 3.68. The number of halogens is 1. The van der Waals surface area contributed by atoms with Crippen LogP contribution in [-0.4, -0.2) is 35.2 Å². The van der Waals surface area contributed by atoms with Crippen LogP contribution in [0.25, 0.3) is 11.0 Å². The van der Waals surface area contributed by atoms with Crippen molar-refractivity contribution >= 4 is 32.7 Å². The first-order chi connectivity index (χ1) is 7.48. The first-order valence-electron chi connectivity index (χ1n) is 3.94. The predicted octanol–water partition coefficient (Wildman–Crippen LogP) is 0.171. The fourth-order valence-electron chi connectivity index (χ4n) is 1.06. The second-order valence-corrected chi connectivity index (χ2v) is 4.24. The Morgan fingerprint density at radius 3 is 2.62 bits per heavy atom. The molecule has 1 aromatic carbocycles. The van der Waals surface area contributed by atoms with Crippen molar-refractivity contribution in [2.24, 2.45) is 5.14 Å². The number of sulfonamides is 1. The SMILES string of the molecule is CCl.NS(=O)(=O)c1ccc2nnn(O)c2c1. The monoisotopic (exact) mass is 264 g/mol. The van der Waals surface area contributed by atoms with Crippen LogP contribution >= 0.6 is 11.6 Å². The molecule has 0 aliphatic carbocycles. The summed E-state index contributed by atoms with van der Waals surface area (Å²) in [4.78, 5) is 0.395. The first-order valence-corrected chi connectivity index (χ1v) is 6.24. The van der Waals surface area contributed by atoms with Crippen LogP contribution in [0.4, 0.5) is 0 Å². The Hall–Kier alpha value is -1.38. The lowest BCUT2D eigenvalue weighted by molar-refractivity contribution is 0.154. The summed E-state index contributed by atoms with van der Waals surface area (Å²) in [5.74, 6) is 0. The van der Waals surface area contributed by atoms with Gasteiger partial charge in [-0.1, -0.05) is 4.85 Å². The maximum Gasteiger partial charge on any atom is 0.238 e. The molecule has 0 aliphatic rings. The molecule has 0 aliphatic heterocycles. The average molecular weight is 265 g/mol. The van der Waals surface area contributed by atoms with Crippen molar-refractivity contribution in [2.75, 3.05) is 6.38 Å². The first kappa shape index (κ1) is 12.7. The van der Waals surface area contributed by atoms with Crippen molar-refractivity contribution in [1.82, 2.24) is 15.2 Å². The van der Waals surface area contributed by atoms with Gasteiger partial charge in [-0.05, 0) is 23.4 Å². The number of nitrogens with zero attached hydrogens (tertiary/aromatic N) is 3. The van der Waals surface area contributed by atoms with E-state index in [-0.39, 0.29) is 10.4 Å². The third-order valence-electron chi connectivity index (χ3n) is 1.73. The number of hydrogen-bond acceptors (Lipinski definition) is 5. The number of primary sulfonamides is 1. The second-order valence-electron chi connectivity index (χ2n) is 2.67. The summed E-state index contributed by atoms with van der Waals surface area (Å²) in [5.41, 5.74) is 0.580. The van der Waals surface area contributed by atoms with Crippen molar-refractivity contribution < 1.29 is 13.6 Å². The van der Waals surface area contributed by atoms with E-state index in [0.29, 0.717) is 10.4 Å². The molecule has 0 unspecified atom stereocenters. The van der Waals surface area contributed by atoms with Crippen LogP contribution in [0.15, 0.2) is 23.1 Å². The molecule has 0 atom stereocenters. The van der Waals surface area contributed by atoms with Gasteiger partial charge in [-0.25, -0.2) is 13.6 Å². The van der Waals surface area contributed by atoms with E-state index >= 15 is 0 Å². The molecule has 0 fully saturated rings. The van der Waals surface area contributed by atoms with E-state index in [9.17, 15) is 8.42 Å². The molecule has 0 saturated heterocycles. The molecule has 0 bridgehead atoms. The van der Waals surface area contributed by atoms with E-state index in [1.54, 1.807) is 0 Å². The summed E-state index contributed by atoms with van der Waals surface area (Å²) in [6, 6.07) is 3.91. The third kappa shape index (κ3) is 2.40. The van der Waals surface area contributed by atoms with Gasteiger partial charge in [0.15, 0.2) is 0 Å². The lowest BCUT2D eigenvalue weighted by Gasteiger charge is -1.96. The zero-order valence-electron chi connectivity index (χ0n) is 8.20. The molecule has 16 heavy (non-hydrogen) atoms. The Bertz CT molecular complexity index is 595. The minimum atomic E-state index is -3.77. The Labute approximate surface area is 96.4 Å². The standard InChI is InChI=1S/C6H6N4O3S.CH3Cl/c7-14(12,13)4-1-2-5-6(3-4)10(11)9-8-5;1-2/h1-3,11H,(H2,7,12,13);1H3. The molecule has 0 saturated carbocycles. The lowest BCUT2D eigenvalue weighted by Crippen LogP contribution is -2.12. The van der Waals surface area contributed by atoms with Crippen molar-refractivity contribution in [3.8, 4) is 0 Å². The van der Waals surface area contributed by atoms with Crippen molar-refractivity contribution in [3.05, 3.63) is 18.2 Å². The van der Waals surface area contributed by atoms with E-state index < -0.39 is 10.0 Å². The quantitative estimate of drug-likeness (QED) is 0.563. The summed E-state index contributed by atoms with van der Waals surface area (Å²) < 4.78 is 21.9. The van der Waals surface area contributed by atoms with Gasteiger partial charge in [0.1, 0.15) is 11.0 Å². The van der Waals surface area contributed by atoms with Gasteiger partial charge in [-0.3, -0.25) is 0 Å². The molecule has 88 valence electrons. The van der Waals surface area contributed by atoms with Crippen molar-refractivity contribution in [2.45, 2.75) is 4.90 Å². The highest BCUT2D eigenvalue weighted by molar-refractivity contribution is 7.89. The maximum atomic E-state index is 11.0. The lowest BCUT2D eigenvalue weighted by atomic mass is 10.3. The number of alkyl halides is 1. The van der Waals surface area contributed by atoms with Gasteiger partial charge < -0.3 is 5.21 Å². The number of benzene rings is 1. The fourth-order valence-corrected chi connectivity index (χ4v) is 1.60. The van der Waals surface area contributed by atoms with Gasteiger partial charge >= 0.3 is 0 Å². The number of nitrogens with two attached hydrogens (primary N) is 1. The van der Waals surface area contributed by atoms with Gasteiger partial charge in [0.25, 0.3) is 0 Å². The molecule has 2 rings (SSSR count). The van der Waals surface area contributed by atoms with Gasteiger partial charge in [-0.15, -0.1) is 16.7 Å². The molecule has 0 spiro atoms. The van der Waals surface area contributed by atoms with Gasteiger partial charge in [0.2, 0.25) is 10.0 Å². The molecule has 0 radical (unpaired) electrons. The predicted molar refractivity (Wildman–Crippen MR) is 57.9 cm³/mol. The summed E-state index contributed by atoms with van der Waals surface area (Å²) in [6.07, 6.45) is 1.47. The van der Waals surface area contributed by atoms with Crippen molar-refractivity contribution in [3.63, 3.8) is 0 Å². The minimum absolute atomic E-state index is 0.0948. The normalized spacial score (nSPS) is 10.9. The van der Waals surface area contributed by atoms with E-state index in [1.165, 1.54) is 24.6 Å². The van der Waals surface area contributed by atoms with Crippen LogP contribution in [0.1, 0.15) is 0 Å². The van der Waals surface area contributed by atoms with Gasteiger partial charge in [0, 0.05) is 6.38 Å². The number of hydrogen-bond donors (Lipinski definition) is 2. The van der Waals surface area contributed by atoms with Crippen LogP contribution in [-0.2, 0) is 10.0 Å². The molecular weight excluding hydrogens is 256 g/mol. The van der Waals surface area contributed by atoms with Crippen LogP contribution < -0.4 is 5.14 Å². The van der Waals surface area contributed by atoms with Crippen LogP contribution in [0.5, 0.6) is 0 Å². The average Bonchev–Trinajstić information content (AvgIpc) is 2.62.